The maximum atomic E-state index is 12.4. The van der Waals surface area contributed by atoms with E-state index >= 15 is 0 Å². The molecule has 110 valence electrons. The third-order valence-electron chi connectivity index (χ3n) is 3.23. The Hall–Kier alpha value is -1.10. The Bertz CT molecular complexity index is 335. The van der Waals surface area contributed by atoms with Crippen molar-refractivity contribution in [2.75, 3.05) is 19.8 Å². The number of ether oxygens (including phenoxy) is 1. The largest absolute Gasteiger partial charge is 0.481 e. The summed E-state index contributed by atoms with van der Waals surface area (Å²) < 4.78 is 5.26. The molecule has 1 rings (SSSR count). The Morgan fingerprint density at radius 1 is 1.32 bits per heavy atom. The number of carbonyl (C=O) groups is 2. The molecule has 0 spiro atoms. The van der Waals surface area contributed by atoms with Gasteiger partial charge in [0.05, 0.1) is 19.3 Å². The lowest BCUT2D eigenvalue weighted by Crippen LogP contribution is -2.47. The van der Waals surface area contributed by atoms with Gasteiger partial charge in [-0.15, -0.1) is 0 Å². The predicted molar refractivity (Wildman–Crippen MR) is 71.8 cm³/mol. The number of carbonyl (C=O) groups excluding carboxylic acids is 1. The molecule has 0 radical (unpaired) electrons. The van der Waals surface area contributed by atoms with E-state index < -0.39 is 11.9 Å². The molecular weight excluding hydrogens is 246 g/mol. The lowest BCUT2D eigenvalue weighted by molar-refractivity contribution is -0.145. The van der Waals surface area contributed by atoms with Crippen LogP contribution in [0.1, 0.15) is 40.5 Å². The van der Waals surface area contributed by atoms with Crippen molar-refractivity contribution in [3.63, 3.8) is 0 Å². The van der Waals surface area contributed by atoms with E-state index in [4.69, 9.17) is 4.74 Å². The van der Waals surface area contributed by atoms with E-state index in [9.17, 15) is 14.7 Å². The molecule has 0 aromatic heterocycles. The van der Waals surface area contributed by atoms with Crippen LogP contribution in [-0.2, 0) is 14.3 Å². The first-order valence-corrected chi connectivity index (χ1v) is 6.86. The van der Waals surface area contributed by atoms with Gasteiger partial charge in [-0.2, -0.15) is 0 Å². The fourth-order valence-corrected chi connectivity index (χ4v) is 2.36. The Labute approximate surface area is 114 Å². The summed E-state index contributed by atoms with van der Waals surface area (Å²) in [6.45, 7) is 9.13. The molecule has 19 heavy (non-hydrogen) atoms. The highest BCUT2D eigenvalue weighted by Crippen LogP contribution is 2.25. The topological polar surface area (TPSA) is 66.8 Å². The van der Waals surface area contributed by atoms with E-state index in [2.05, 4.69) is 0 Å². The van der Waals surface area contributed by atoms with Crippen LogP contribution in [0.2, 0.25) is 0 Å². The van der Waals surface area contributed by atoms with Crippen molar-refractivity contribution in [1.29, 1.82) is 0 Å². The number of nitrogens with zero attached hydrogens (tertiary/aromatic N) is 1. The molecule has 0 aliphatic carbocycles. The minimum atomic E-state index is -0.882. The average molecular weight is 271 g/mol. The summed E-state index contributed by atoms with van der Waals surface area (Å²) in [5, 5.41) is 9.20. The van der Waals surface area contributed by atoms with Crippen molar-refractivity contribution in [3.8, 4) is 0 Å². The number of hydrogen-bond acceptors (Lipinski definition) is 3. The lowest BCUT2D eigenvalue weighted by Gasteiger charge is -2.32. The van der Waals surface area contributed by atoms with Crippen LogP contribution in [0, 0.1) is 11.3 Å². The number of hydrogen-bond donors (Lipinski definition) is 1. The summed E-state index contributed by atoms with van der Waals surface area (Å²) in [6, 6.07) is -0.327. The summed E-state index contributed by atoms with van der Waals surface area (Å²) in [5.41, 5.74) is -0.0960. The highest BCUT2D eigenvalue weighted by atomic mass is 16.5. The van der Waals surface area contributed by atoms with Gasteiger partial charge >= 0.3 is 5.97 Å². The quantitative estimate of drug-likeness (QED) is 0.827. The van der Waals surface area contributed by atoms with Gasteiger partial charge in [0.1, 0.15) is 5.92 Å². The van der Waals surface area contributed by atoms with Crippen LogP contribution in [0.3, 0.4) is 0 Å². The summed E-state index contributed by atoms with van der Waals surface area (Å²) in [7, 11) is 0. The second kappa shape index (κ2) is 6.37. The summed E-state index contributed by atoms with van der Waals surface area (Å²) in [6.07, 6.45) is 1.24. The molecule has 1 fully saturated rings. The van der Waals surface area contributed by atoms with Crippen LogP contribution >= 0.6 is 0 Å². The number of carboxylic acids is 1. The van der Waals surface area contributed by atoms with Crippen molar-refractivity contribution in [1.82, 2.24) is 4.90 Å². The molecule has 5 nitrogen and oxygen atoms in total. The van der Waals surface area contributed by atoms with E-state index in [1.54, 1.807) is 4.90 Å². The zero-order valence-corrected chi connectivity index (χ0v) is 12.3. The van der Waals surface area contributed by atoms with Crippen molar-refractivity contribution in [2.24, 2.45) is 11.3 Å². The molecule has 1 aliphatic heterocycles. The minimum absolute atomic E-state index is 0.0242. The van der Waals surface area contributed by atoms with Crippen LogP contribution in [-0.4, -0.2) is 47.7 Å². The number of amides is 1. The van der Waals surface area contributed by atoms with E-state index in [0.717, 1.165) is 6.42 Å². The third kappa shape index (κ3) is 4.49. The maximum absolute atomic E-state index is 12.4. The Kier molecular flexibility index (Phi) is 5.35. The molecular formula is C14H25NO4. The van der Waals surface area contributed by atoms with Crippen molar-refractivity contribution in [3.05, 3.63) is 0 Å². The summed E-state index contributed by atoms with van der Waals surface area (Å²) in [5.74, 6) is -1.46. The first-order chi connectivity index (χ1) is 8.76. The number of aliphatic carboxylic acids is 1. The van der Waals surface area contributed by atoms with E-state index in [-0.39, 0.29) is 24.0 Å². The molecule has 0 bridgehead atoms. The molecule has 1 amide bonds. The van der Waals surface area contributed by atoms with Crippen molar-refractivity contribution >= 4 is 11.9 Å². The highest BCUT2D eigenvalue weighted by Gasteiger charge is 2.40. The zero-order chi connectivity index (χ0) is 14.6. The van der Waals surface area contributed by atoms with Crippen LogP contribution in [0.5, 0.6) is 0 Å². The Morgan fingerprint density at radius 3 is 2.42 bits per heavy atom. The van der Waals surface area contributed by atoms with Gasteiger partial charge in [-0.05, 0) is 11.8 Å². The second-order valence-corrected chi connectivity index (χ2v) is 6.37. The third-order valence-corrected chi connectivity index (χ3v) is 3.23. The first-order valence-electron chi connectivity index (χ1n) is 6.86. The molecule has 0 saturated carbocycles. The van der Waals surface area contributed by atoms with E-state index in [1.165, 1.54) is 0 Å². The van der Waals surface area contributed by atoms with Crippen LogP contribution in [0.25, 0.3) is 0 Å². The number of rotatable bonds is 5. The predicted octanol–water partition coefficient (Wildman–Crippen LogP) is 1.76. The molecule has 1 aliphatic rings. The molecule has 2 unspecified atom stereocenters. The van der Waals surface area contributed by atoms with Crippen LogP contribution < -0.4 is 0 Å². The second-order valence-electron chi connectivity index (χ2n) is 6.37. The maximum Gasteiger partial charge on any atom is 0.311 e. The van der Waals surface area contributed by atoms with Gasteiger partial charge < -0.3 is 14.7 Å². The van der Waals surface area contributed by atoms with Gasteiger partial charge in [0.15, 0.2) is 0 Å². The zero-order valence-electron chi connectivity index (χ0n) is 12.3. The molecule has 2 atom stereocenters. The fraction of sp³-hybridized carbons (Fsp3) is 0.857. The van der Waals surface area contributed by atoms with Crippen LogP contribution in [0.4, 0.5) is 0 Å². The molecule has 1 heterocycles. The molecule has 0 aromatic carbocycles. The van der Waals surface area contributed by atoms with Gasteiger partial charge in [-0.3, -0.25) is 9.59 Å². The lowest BCUT2D eigenvalue weighted by atomic mass is 9.90. The van der Waals surface area contributed by atoms with Gasteiger partial charge in [-0.1, -0.05) is 27.7 Å². The normalized spacial score (nSPS) is 23.4. The SMILES string of the molecule is CCCN(C(=O)CC(C)(C)C)C1COCC1C(=O)O. The minimum Gasteiger partial charge on any atom is -0.481 e. The van der Waals surface area contributed by atoms with Crippen molar-refractivity contribution in [2.45, 2.75) is 46.6 Å². The molecule has 0 aromatic rings. The Morgan fingerprint density at radius 2 is 1.95 bits per heavy atom. The van der Waals surface area contributed by atoms with Gasteiger partial charge in [-0.25, -0.2) is 0 Å². The number of carboxylic acid groups (broad SMARTS) is 1. The standard InChI is InChI=1S/C14H25NO4/c1-5-6-15(12(16)7-14(2,3)4)11-9-19-8-10(11)13(17)18/h10-11H,5-9H2,1-4H3,(H,17,18). The van der Waals surface area contributed by atoms with Crippen molar-refractivity contribution < 1.29 is 19.4 Å². The highest BCUT2D eigenvalue weighted by molar-refractivity contribution is 5.79. The monoisotopic (exact) mass is 271 g/mol. The van der Waals surface area contributed by atoms with Gasteiger partial charge in [0.2, 0.25) is 5.91 Å². The molecule has 5 heteroatoms. The average Bonchev–Trinajstić information content (AvgIpc) is 2.71. The smallest absolute Gasteiger partial charge is 0.311 e. The first kappa shape index (κ1) is 16.0. The van der Waals surface area contributed by atoms with Gasteiger partial charge in [0.25, 0.3) is 0 Å². The summed E-state index contributed by atoms with van der Waals surface area (Å²) in [4.78, 5) is 25.3. The van der Waals surface area contributed by atoms with E-state index in [1.807, 2.05) is 27.7 Å². The molecule has 1 saturated heterocycles. The van der Waals surface area contributed by atoms with E-state index in [0.29, 0.717) is 19.6 Å². The van der Waals surface area contributed by atoms with Gasteiger partial charge in [0, 0.05) is 13.0 Å². The van der Waals surface area contributed by atoms with Crippen LogP contribution in [0.15, 0.2) is 0 Å². The Balaban J connectivity index is 2.81. The summed E-state index contributed by atoms with van der Waals surface area (Å²) >= 11 is 0. The fourth-order valence-electron chi connectivity index (χ4n) is 2.36. The molecule has 1 N–H and O–H groups in total.